The summed E-state index contributed by atoms with van der Waals surface area (Å²) in [5.74, 6) is 0.570. The van der Waals surface area contributed by atoms with E-state index in [-0.39, 0.29) is 11.7 Å². The largest absolute Gasteiger partial charge is 0.348 e. The Labute approximate surface area is 119 Å². The van der Waals surface area contributed by atoms with E-state index in [0.29, 0.717) is 16.5 Å². The molecule has 6 nitrogen and oxygen atoms in total. The first-order valence-electron chi connectivity index (χ1n) is 6.09. The highest BCUT2D eigenvalue weighted by atomic mass is 35.5. The SMILES string of the molecule is C[C@H](c1n[nH]c(=O)n1-c1cccc(Cl)c1)n1cccn1. The molecule has 0 spiro atoms. The maximum Gasteiger partial charge on any atom is 0.348 e. The smallest absolute Gasteiger partial charge is 0.262 e. The van der Waals surface area contributed by atoms with Gasteiger partial charge in [0.15, 0.2) is 5.82 Å². The zero-order valence-corrected chi connectivity index (χ0v) is 11.4. The van der Waals surface area contributed by atoms with E-state index in [1.165, 1.54) is 4.57 Å². The standard InChI is InChI=1S/C13H12ClN5O/c1-9(18-7-3-6-15-18)12-16-17-13(20)19(12)11-5-2-4-10(14)8-11/h2-9H,1H3,(H,17,20)/t9-/m1/s1. The predicted molar refractivity (Wildman–Crippen MR) is 75.2 cm³/mol. The summed E-state index contributed by atoms with van der Waals surface area (Å²) in [5, 5.41) is 11.3. The molecular formula is C13H12ClN5O. The summed E-state index contributed by atoms with van der Waals surface area (Å²) in [4.78, 5) is 12.0. The number of nitrogens with one attached hydrogen (secondary N) is 1. The maximum absolute atomic E-state index is 12.0. The van der Waals surface area contributed by atoms with Crippen LogP contribution in [-0.2, 0) is 0 Å². The molecule has 0 aliphatic rings. The van der Waals surface area contributed by atoms with E-state index in [1.54, 1.807) is 29.1 Å². The van der Waals surface area contributed by atoms with Gasteiger partial charge >= 0.3 is 5.69 Å². The molecule has 0 unspecified atom stereocenters. The lowest BCUT2D eigenvalue weighted by Gasteiger charge is -2.13. The van der Waals surface area contributed by atoms with Crippen LogP contribution in [0.5, 0.6) is 0 Å². The third kappa shape index (κ3) is 2.14. The van der Waals surface area contributed by atoms with Gasteiger partial charge in [0.25, 0.3) is 0 Å². The molecule has 7 heteroatoms. The Bertz CT molecular complexity index is 774. The van der Waals surface area contributed by atoms with Crippen molar-refractivity contribution in [1.82, 2.24) is 24.5 Å². The molecule has 0 bridgehead atoms. The number of hydrogen-bond acceptors (Lipinski definition) is 3. The molecule has 0 amide bonds. The minimum Gasteiger partial charge on any atom is -0.262 e. The minimum absolute atomic E-state index is 0.178. The summed E-state index contributed by atoms with van der Waals surface area (Å²) in [5.41, 5.74) is 0.367. The van der Waals surface area contributed by atoms with Crippen LogP contribution in [0.2, 0.25) is 5.02 Å². The van der Waals surface area contributed by atoms with Crippen LogP contribution in [0.4, 0.5) is 0 Å². The van der Waals surface area contributed by atoms with E-state index in [0.717, 1.165) is 0 Å². The average Bonchev–Trinajstić information content (AvgIpc) is 3.07. The number of aromatic nitrogens is 5. The number of halogens is 1. The second-order valence-electron chi connectivity index (χ2n) is 4.36. The minimum atomic E-state index is -0.304. The van der Waals surface area contributed by atoms with Gasteiger partial charge in [-0.25, -0.2) is 14.5 Å². The van der Waals surface area contributed by atoms with Crippen molar-refractivity contribution in [3.63, 3.8) is 0 Å². The summed E-state index contributed by atoms with van der Waals surface area (Å²) in [7, 11) is 0. The van der Waals surface area contributed by atoms with Crippen molar-refractivity contribution in [2.45, 2.75) is 13.0 Å². The Balaban J connectivity index is 2.13. The Hall–Kier alpha value is -2.34. The first kappa shape index (κ1) is 12.7. The van der Waals surface area contributed by atoms with Crippen LogP contribution in [0.15, 0.2) is 47.5 Å². The van der Waals surface area contributed by atoms with Crippen LogP contribution in [0.3, 0.4) is 0 Å². The predicted octanol–water partition coefficient (Wildman–Crippen LogP) is 2.02. The van der Waals surface area contributed by atoms with Crippen molar-refractivity contribution in [1.29, 1.82) is 0 Å². The Morgan fingerprint density at radius 1 is 1.35 bits per heavy atom. The molecule has 0 radical (unpaired) electrons. The highest BCUT2D eigenvalue weighted by molar-refractivity contribution is 6.30. The molecule has 20 heavy (non-hydrogen) atoms. The molecule has 0 aliphatic heterocycles. The molecule has 0 saturated heterocycles. The molecule has 2 aromatic heterocycles. The van der Waals surface area contributed by atoms with Crippen LogP contribution >= 0.6 is 11.6 Å². The van der Waals surface area contributed by atoms with Crippen molar-refractivity contribution in [3.05, 3.63) is 64.1 Å². The normalized spacial score (nSPS) is 12.5. The summed E-state index contributed by atoms with van der Waals surface area (Å²) < 4.78 is 3.23. The van der Waals surface area contributed by atoms with E-state index in [9.17, 15) is 4.79 Å². The highest BCUT2D eigenvalue weighted by Gasteiger charge is 2.18. The van der Waals surface area contributed by atoms with Crippen molar-refractivity contribution in [3.8, 4) is 5.69 Å². The molecule has 1 N–H and O–H groups in total. The van der Waals surface area contributed by atoms with Gasteiger partial charge in [-0.15, -0.1) is 0 Å². The molecule has 3 rings (SSSR count). The molecule has 3 aromatic rings. The number of rotatable bonds is 3. The van der Waals surface area contributed by atoms with E-state index in [4.69, 9.17) is 11.6 Å². The fourth-order valence-corrected chi connectivity index (χ4v) is 2.27. The maximum atomic E-state index is 12.0. The molecule has 0 saturated carbocycles. The molecule has 1 atom stereocenters. The topological polar surface area (TPSA) is 68.5 Å². The third-order valence-electron chi connectivity index (χ3n) is 3.06. The van der Waals surface area contributed by atoms with E-state index >= 15 is 0 Å². The lowest BCUT2D eigenvalue weighted by molar-refractivity contribution is 0.527. The van der Waals surface area contributed by atoms with E-state index < -0.39 is 0 Å². The van der Waals surface area contributed by atoms with Gasteiger partial charge in [-0.2, -0.15) is 10.2 Å². The highest BCUT2D eigenvalue weighted by Crippen LogP contribution is 2.19. The van der Waals surface area contributed by atoms with Gasteiger partial charge in [-0.1, -0.05) is 17.7 Å². The fourth-order valence-electron chi connectivity index (χ4n) is 2.08. The van der Waals surface area contributed by atoms with Gasteiger partial charge in [0, 0.05) is 17.4 Å². The number of aromatic amines is 1. The summed E-state index contributed by atoms with van der Waals surface area (Å²) >= 11 is 5.98. The number of nitrogens with zero attached hydrogens (tertiary/aromatic N) is 4. The van der Waals surface area contributed by atoms with Crippen molar-refractivity contribution in [2.24, 2.45) is 0 Å². The lowest BCUT2D eigenvalue weighted by Crippen LogP contribution is -2.20. The lowest BCUT2D eigenvalue weighted by atomic mass is 10.2. The van der Waals surface area contributed by atoms with Gasteiger partial charge < -0.3 is 0 Å². The van der Waals surface area contributed by atoms with E-state index in [2.05, 4.69) is 15.3 Å². The molecule has 102 valence electrons. The van der Waals surface area contributed by atoms with Crippen molar-refractivity contribution >= 4 is 11.6 Å². The number of hydrogen-bond donors (Lipinski definition) is 1. The monoisotopic (exact) mass is 289 g/mol. The van der Waals surface area contributed by atoms with Crippen molar-refractivity contribution in [2.75, 3.05) is 0 Å². The zero-order chi connectivity index (χ0) is 14.1. The van der Waals surface area contributed by atoms with Gasteiger partial charge in [0.05, 0.1) is 5.69 Å². The molecule has 0 fully saturated rings. The Morgan fingerprint density at radius 2 is 2.20 bits per heavy atom. The zero-order valence-electron chi connectivity index (χ0n) is 10.7. The third-order valence-corrected chi connectivity index (χ3v) is 3.30. The number of H-pyrrole nitrogens is 1. The van der Waals surface area contributed by atoms with Crippen LogP contribution < -0.4 is 5.69 Å². The molecular weight excluding hydrogens is 278 g/mol. The van der Waals surface area contributed by atoms with Gasteiger partial charge in [-0.3, -0.25) is 4.68 Å². The second-order valence-corrected chi connectivity index (χ2v) is 4.80. The van der Waals surface area contributed by atoms with Gasteiger partial charge in [-0.05, 0) is 31.2 Å². The summed E-state index contributed by atoms with van der Waals surface area (Å²) in [6, 6.07) is 8.72. The Morgan fingerprint density at radius 3 is 2.90 bits per heavy atom. The van der Waals surface area contributed by atoms with Crippen LogP contribution in [0, 0.1) is 0 Å². The van der Waals surface area contributed by atoms with Crippen LogP contribution in [-0.4, -0.2) is 24.5 Å². The molecule has 0 aliphatic carbocycles. The van der Waals surface area contributed by atoms with Crippen molar-refractivity contribution < 1.29 is 0 Å². The van der Waals surface area contributed by atoms with Gasteiger partial charge in [0.1, 0.15) is 6.04 Å². The van der Waals surface area contributed by atoms with E-state index in [1.807, 2.05) is 25.3 Å². The summed E-state index contributed by atoms with van der Waals surface area (Å²) in [6.45, 7) is 1.92. The second kappa shape index (κ2) is 4.97. The quantitative estimate of drug-likeness (QED) is 0.802. The first-order chi connectivity index (χ1) is 9.66. The number of benzene rings is 1. The van der Waals surface area contributed by atoms with Crippen LogP contribution in [0.1, 0.15) is 18.8 Å². The average molecular weight is 290 g/mol. The van der Waals surface area contributed by atoms with Crippen LogP contribution in [0.25, 0.3) is 5.69 Å². The molecule has 2 heterocycles. The molecule has 1 aromatic carbocycles. The fraction of sp³-hybridized carbons (Fsp3) is 0.154. The van der Waals surface area contributed by atoms with Gasteiger partial charge in [0.2, 0.25) is 0 Å². The Kier molecular flexibility index (Phi) is 3.15. The summed E-state index contributed by atoms with van der Waals surface area (Å²) in [6.07, 6.45) is 3.51. The first-order valence-corrected chi connectivity index (χ1v) is 6.47.